The van der Waals surface area contributed by atoms with E-state index in [9.17, 15) is 4.79 Å². The van der Waals surface area contributed by atoms with Gasteiger partial charge in [-0.25, -0.2) is 0 Å². The molecule has 0 fully saturated rings. The molecule has 0 spiro atoms. The Bertz CT molecular complexity index is 435. The topological polar surface area (TPSA) is 38.3 Å². The molecule has 0 radical (unpaired) electrons. The maximum absolute atomic E-state index is 10.8. The first-order valence-electron chi connectivity index (χ1n) is 5.21. The summed E-state index contributed by atoms with van der Waals surface area (Å²) in [6, 6.07) is 7.74. The van der Waals surface area contributed by atoms with Crippen molar-refractivity contribution in [2.75, 3.05) is 19.0 Å². The Kier molecular flexibility index (Phi) is 5.98. The van der Waals surface area contributed by atoms with Gasteiger partial charge in [0.25, 0.3) is 0 Å². The Morgan fingerprint density at radius 3 is 2.88 bits per heavy atom. The van der Waals surface area contributed by atoms with Crippen LogP contribution in [0.2, 0.25) is 0 Å². The molecule has 90 valence electrons. The molecule has 1 amide bonds. The summed E-state index contributed by atoms with van der Waals surface area (Å²) in [6.45, 7) is 2.58. The summed E-state index contributed by atoms with van der Waals surface area (Å²) in [6.07, 6.45) is 0. The van der Waals surface area contributed by atoms with Crippen molar-refractivity contribution in [2.45, 2.75) is 6.92 Å². The first-order valence-corrected chi connectivity index (χ1v) is 5.74. The molecule has 0 heterocycles. The number of ether oxygens (including phenoxy) is 1. The SMILES string of the molecule is Cc1ccccc1OCC#CCNC(=O)CCl. The number of amides is 1. The third kappa shape index (κ3) is 5.28. The smallest absolute Gasteiger partial charge is 0.235 e. The molecular weight excluding hydrogens is 238 g/mol. The van der Waals surface area contributed by atoms with Gasteiger partial charge in [-0.1, -0.05) is 30.0 Å². The monoisotopic (exact) mass is 251 g/mol. The second-order valence-electron chi connectivity index (χ2n) is 3.32. The summed E-state index contributed by atoms with van der Waals surface area (Å²) < 4.78 is 5.46. The molecule has 1 aromatic rings. The van der Waals surface area contributed by atoms with Gasteiger partial charge >= 0.3 is 0 Å². The predicted molar refractivity (Wildman–Crippen MR) is 68.2 cm³/mol. The van der Waals surface area contributed by atoms with E-state index >= 15 is 0 Å². The van der Waals surface area contributed by atoms with Crippen LogP contribution in [0.15, 0.2) is 24.3 Å². The Labute approximate surface area is 106 Å². The van der Waals surface area contributed by atoms with Crippen LogP contribution in [0, 0.1) is 18.8 Å². The summed E-state index contributed by atoms with van der Waals surface area (Å²) in [4.78, 5) is 10.8. The van der Waals surface area contributed by atoms with E-state index < -0.39 is 0 Å². The van der Waals surface area contributed by atoms with Crippen LogP contribution in [0.3, 0.4) is 0 Å². The number of carbonyl (C=O) groups is 1. The molecule has 3 nitrogen and oxygen atoms in total. The van der Waals surface area contributed by atoms with E-state index in [1.165, 1.54) is 0 Å². The van der Waals surface area contributed by atoms with Gasteiger partial charge in [0, 0.05) is 0 Å². The van der Waals surface area contributed by atoms with Gasteiger partial charge in [0.05, 0.1) is 6.54 Å². The molecule has 0 unspecified atom stereocenters. The normalized spacial score (nSPS) is 9.06. The molecule has 4 heteroatoms. The Balaban J connectivity index is 2.27. The maximum Gasteiger partial charge on any atom is 0.235 e. The molecule has 0 aromatic heterocycles. The number of hydrogen-bond donors (Lipinski definition) is 1. The van der Waals surface area contributed by atoms with Crippen molar-refractivity contribution < 1.29 is 9.53 Å². The van der Waals surface area contributed by atoms with Crippen LogP contribution in [0.4, 0.5) is 0 Å². The van der Waals surface area contributed by atoms with Gasteiger partial charge in [-0.15, -0.1) is 11.6 Å². The largest absolute Gasteiger partial charge is 0.481 e. The lowest BCUT2D eigenvalue weighted by molar-refractivity contribution is -0.118. The van der Waals surface area contributed by atoms with E-state index in [4.69, 9.17) is 16.3 Å². The quantitative estimate of drug-likeness (QED) is 0.654. The number of rotatable bonds is 4. The molecule has 1 aromatic carbocycles. The second kappa shape index (κ2) is 7.59. The lowest BCUT2D eigenvalue weighted by Crippen LogP contribution is -2.24. The van der Waals surface area contributed by atoms with Gasteiger partial charge in [0.15, 0.2) is 0 Å². The van der Waals surface area contributed by atoms with Crippen molar-refractivity contribution in [1.29, 1.82) is 0 Å². The number of carbonyl (C=O) groups excluding carboxylic acids is 1. The van der Waals surface area contributed by atoms with E-state index in [2.05, 4.69) is 17.2 Å². The van der Waals surface area contributed by atoms with Crippen LogP contribution in [0.5, 0.6) is 5.75 Å². The van der Waals surface area contributed by atoms with Crippen LogP contribution in [-0.2, 0) is 4.79 Å². The van der Waals surface area contributed by atoms with E-state index in [-0.39, 0.29) is 11.8 Å². The van der Waals surface area contributed by atoms with E-state index in [0.29, 0.717) is 13.2 Å². The fourth-order valence-electron chi connectivity index (χ4n) is 1.14. The minimum Gasteiger partial charge on any atom is -0.481 e. The molecule has 0 aliphatic heterocycles. The van der Waals surface area contributed by atoms with Crippen molar-refractivity contribution in [3.8, 4) is 17.6 Å². The Hall–Kier alpha value is -1.66. The van der Waals surface area contributed by atoms with Gasteiger partial charge in [0.2, 0.25) is 5.91 Å². The van der Waals surface area contributed by atoms with E-state index in [1.807, 2.05) is 31.2 Å². The lowest BCUT2D eigenvalue weighted by atomic mass is 10.2. The third-order valence-corrected chi connectivity index (χ3v) is 2.26. The average Bonchev–Trinajstić information content (AvgIpc) is 2.35. The summed E-state index contributed by atoms with van der Waals surface area (Å²) >= 11 is 5.30. The van der Waals surface area contributed by atoms with Gasteiger partial charge in [-0.05, 0) is 18.6 Å². The molecule has 0 saturated carbocycles. The van der Waals surface area contributed by atoms with Crippen molar-refractivity contribution in [1.82, 2.24) is 5.32 Å². The maximum atomic E-state index is 10.8. The number of hydrogen-bond acceptors (Lipinski definition) is 2. The zero-order chi connectivity index (χ0) is 12.5. The van der Waals surface area contributed by atoms with Gasteiger partial charge < -0.3 is 10.1 Å². The number of halogens is 1. The summed E-state index contributed by atoms with van der Waals surface area (Å²) in [7, 11) is 0. The number of benzene rings is 1. The molecule has 0 aliphatic carbocycles. The molecule has 0 saturated heterocycles. The van der Waals surface area contributed by atoms with E-state index in [0.717, 1.165) is 11.3 Å². The standard InChI is InChI=1S/C13H14ClNO2/c1-11-6-2-3-7-12(11)17-9-5-4-8-15-13(16)10-14/h2-3,6-7H,8-10H2,1H3,(H,15,16). The number of alkyl halides is 1. The molecule has 0 aliphatic rings. The van der Waals surface area contributed by atoms with Crippen LogP contribution in [0.25, 0.3) is 0 Å². The molecule has 1 rings (SSSR count). The highest BCUT2D eigenvalue weighted by atomic mass is 35.5. The zero-order valence-electron chi connectivity index (χ0n) is 9.63. The van der Waals surface area contributed by atoms with Crippen molar-refractivity contribution in [3.63, 3.8) is 0 Å². The second-order valence-corrected chi connectivity index (χ2v) is 3.59. The van der Waals surface area contributed by atoms with Gasteiger partial charge in [-0.3, -0.25) is 4.79 Å². The van der Waals surface area contributed by atoms with Crippen LogP contribution < -0.4 is 10.1 Å². The highest BCUT2D eigenvalue weighted by Gasteiger charge is 1.95. The highest BCUT2D eigenvalue weighted by Crippen LogP contribution is 2.15. The predicted octanol–water partition coefficient (Wildman–Crippen LogP) is 1.73. The fourth-order valence-corrected chi connectivity index (χ4v) is 1.23. The third-order valence-electron chi connectivity index (χ3n) is 2.01. The number of aryl methyl sites for hydroxylation is 1. The van der Waals surface area contributed by atoms with Gasteiger partial charge in [0.1, 0.15) is 18.2 Å². The minimum absolute atomic E-state index is 0.0403. The first-order chi connectivity index (χ1) is 8.24. The summed E-state index contributed by atoms with van der Waals surface area (Å²) in [5.41, 5.74) is 1.07. The fraction of sp³-hybridized carbons (Fsp3) is 0.308. The Morgan fingerprint density at radius 1 is 1.41 bits per heavy atom. The van der Waals surface area contributed by atoms with Crippen LogP contribution >= 0.6 is 11.6 Å². The first kappa shape index (κ1) is 13.4. The van der Waals surface area contributed by atoms with Crippen LogP contribution in [0.1, 0.15) is 5.56 Å². The minimum atomic E-state index is -0.221. The molecule has 1 N–H and O–H groups in total. The summed E-state index contributed by atoms with van der Waals surface area (Å²) in [5.74, 6) is 6.15. The van der Waals surface area contributed by atoms with Gasteiger partial charge in [-0.2, -0.15) is 0 Å². The Morgan fingerprint density at radius 2 is 2.18 bits per heavy atom. The number of para-hydroxylation sites is 1. The highest BCUT2D eigenvalue weighted by molar-refractivity contribution is 6.27. The molecule has 17 heavy (non-hydrogen) atoms. The molecule has 0 atom stereocenters. The van der Waals surface area contributed by atoms with Crippen molar-refractivity contribution in [2.24, 2.45) is 0 Å². The van der Waals surface area contributed by atoms with Crippen LogP contribution in [-0.4, -0.2) is 24.9 Å². The van der Waals surface area contributed by atoms with Crippen molar-refractivity contribution >= 4 is 17.5 Å². The van der Waals surface area contributed by atoms with E-state index in [1.54, 1.807) is 0 Å². The molecule has 0 bridgehead atoms. The molecular formula is C13H14ClNO2. The zero-order valence-corrected chi connectivity index (χ0v) is 10.4. The summed E-state index contributed by atoms with van der Waals surface area (Å²) in [5, 5.41) is 2.54. The van der Waals surface area contributed by atoms with Crippen molar-refractivity contribution in [3.05, 3.63) is 29.8 Å². The number of nitrogens with one attached hydrogen (secondary N) is 1. The lowest BCUT2D eigenvalue weighted by Gasteiger charge is -2.04. The average molecular weight is 252 g/mol.